The first-order valence-corrected chi connectivity index (χ1v) is 3.23. The number of benzene rings is 1. The molecule has 0 bridgehead atoms. The van der Waals surface area contributed by atoms with Gasteiger partial charge in [0.15, 0.2) is 0 Å². The van der Waals surface area contributed by atoms with Gasteiger partial charge in [-0.1, -0.05) is 36.4 Å². The zero-order valence-electron chi connectivity index (χ0n) is 6.29. The lowest BCUT2D eigenvalue weighted by atomic mass is 10.4. The maximum atomic E-state index is 9.20. The SMILES string of the molecule is O=C(O)C(O)O.c1ccccc1. The van der Waals surface area contributed by atoms with Crippen molar-refractivity contribution in [3.05, 3.63) is 36.4 Å². The molecule has 1 aromatic carbocycles. The fourth-order valence-corrected chi connectivity index (χ4v) is 0.385. The van der Waals surface area contributed by atoms with Crippen LogP contribution in [0.5, 0.6) is 0 Å². The van der Waals surface area contributed by atoms with Crippen molar-refractivity contribution < 1.29 is 20.1 Å². The van der Waals surface area contributed by atoms with Gasteiger partial charge in [-0.3, -0.25) is 0 Å². The van der Waals surface area contributed by atoms with E-state index in [9.17, 15) is 4.79 Å². The molecule has 0 radical (unpaired) electrons. The zero-order chi connectivity index (χ0) is 9.40. The quantitative estimate of drug-likeness (QED) is 0.521. The van der Waals surface area contributed by atoms with Gasteiger partial charge < -0.3 is 15.3 Å². The van der Waals surface area contributed by atoms with Crippen molar-refractivity contribution in [2.24, 2.45) is 0 Å². The molecule has 0 heterocycles. The summed E-state index contributed by atoms with van der Waals surface area (Å²) in [6.45, 7) is 0. The van der Waals surface area contributed by atoms with Crippen LogP contribution in [-0.4, -0.2) is 27.6 Å². The Balaban J connectivity index is 0.000000202. The largest absolute Gasteiger partial charge is 0.477 e. The van der Waals surface area contributed by atoms with Gasteiger partial charge in [0.05, 0.1) is 0 Å². The number of aliphatic carboxylic acids is 1. The van der Waals surface area contributed by atoms with Crippen molar-refractivity contribution in [2.45, 2.75) is 6.29 Å². The third kappa shape index (κ3) is 6.73. The second kappa shape index (κ2) is 6.33. The van der Waals surface area contributed by atoms with Gasteiger partial charge in [-0.15, -0.1) is 0 Å². The zero-order valence-corrected chi connectivity index (χ0v) is 6.29. The molecule has 0 unspecified atom stereocenters. The van der Waals surface area contributed by atoms with Crippen LogP contribution in [0.25, 0.3) is 0 Å². The summed E-state index contributed by atoms with van der Waals surface area (Å²) in [5.74, 6) is -1.63. The predicted octanol–water partition coefficient (Wildman–Crippen LogP) is 0.0683. The van der Waals surface area contributed by atoms with Gasteiger partial charge in [0, 0.05) is 0 Å². The summed E-state index contributed by atoms with van der Waals surface area (Å²) in [7, 11) is 0. The summed E-state index contributed by atoms with van der Waals surface area (Å²) in [4.78, 5) is 9.20. The molecule has 4 heteroatoms. The smallest absolute Gasteiger partial charge is 0.360 e. The van der Waals surface area contributed by atoms with Gasteiger partial charge in [-0.2, -0.15) is 0 Å². The van der Waals surface area contributed by atoms with Crippen molar-refractivity contribution in [3.63, 3.8) is 0 Å². The van der Waals surface area contributed by atoms with E-state index in [0.717, 1.165) is 0 Å². The van der Waals surface area contributed by atoms with E-state index in [-0.39, 0.29) is 0 Å². The monoisotopic (exact) mass is 170 g/mol. The number of carbonyl (C=O) groups is 1. The topological polar surface area (TPSA) is 77.8 Å². The summed E-state index contributed by atoms with van der Waals surface area (Å²) in [5.41, 5.74) is 0. The highest BCUT2D eigenvalue weighted by Crippen LogP contribution is 1.79. The Bertz CT molecular complexity index is 181. The van der Waals surface area contributed by atoms with E-state index in [1.54, 1.807) is 0 Å². The third-order valence-corrected chi connectivity index (χ3v) is 0.888. The standard InChI is InChI=1S/C6H6.C2H4O4/c1-2-4-6-5-3-1;3-1(4)2(5)6/h1-6H;1,3-4H,(H,5,6). The average Bonchev–Trinajstić information content (AvgIpc) is 2.08. The van der Waals surface area contributed by atoms with E-state index in [1.807, 2.05) is 36.4 Å². The summed E-state index contributed by atoms with van der Waals surface area (Å²) in [5, 5.41) is 22.7. The molecular weight excluding hydrogens is 160 g/mol. The molecule has 12 heavy (non-hydrogen) atoms. The summed E-state index contributed by atoms with van der Waals surface area (Å²) >= 11 is 0. The van der Waals surface area contributed by atoms with Crippen LogP contribution in [0.15, 0.2) is 36.4 Å². The van der Waals surface area contributed by atoms with Gasteiger partial charge in [0.25, 0.3) is 6.29 Å². The molecule has 0 aliphatic rings. The van der Waals surface area contributed by atoms with Crippen LogP contribution in [0.4, 0.5) is 0 Å². The summed E-state index contributed by atoms with van der Waals surface area (Å²) in [6.07, 6.45) is -2.23. The number of carboxylic acid groups (broad SMARTS) is 1. The molecule has 4 nitrogen and oxygen atoms in total. The fourth-order valence-electron chi connectivity index (χ4n) is 0.385. The number of rotatable bonds is 1. The van der Waals surface area contributed by atoms with E-state index in [4.69, 9.17) is 15.3 Å². The molecular formula is C8H10O4. The average molecular weight is 170 g/mol. The van der Waals surface area contributed by atoms with Crippen LogP contribution in [0, 0.1) is 0 Å². The molecule has 3 N–H and O–H groups in total. The maximum Gasteiger partial charge on any atom is 0.360 e. The summed E-state index contributed by atoms with van der Waals surface area (Å²) in [6, 6.07) is 12.0. The lowest BCUT2D eigenvalue weighted by Crippen LogP contribution is -2.17. The van der Waals surface area contributed by atoms with Crippen molar-refractivity contribution in [1.82, 2.24) is 0 Å². The van der Waals surface area contributed by atoms with Crippen molar-refractivity contribution in [2.75, 3.05) is 0 Å². The van der Waals surface area contributed by atoms with Gasteiger partial charge in [0.1, 0.15) is 0 Å². The number of hydrogen-bond donors (Lipinski definition) is 3. The first-order chi connectivity index (χ1) is 5.64. The first-order valence-electron chi connectivity index (χ1n) is 3.23. The minimum absolute atomic E-state index is 1.63. The minimum atomic E-state index is -2.23. The van der Waals surface area contributed by atoms with Crippen LogP contribution in [0.2, 0.25) is 0 Å². The van der Waals surface area contributed by atoms with Gasteiger partial charge in [-0.25, -0.2) is 4.79 Å². The van der Waals surface area contributed by atoms with Gasteiger partial charge in [0.2, 0.25) is 0 Å². The van der Waals surface area contributed by atoms with E-state index < -0.39 is 12.3 Å². The number of hydrogen-bond acceptors (Lipinski definition) is 3. The Hall–Kier alpha value is -1.39. The van der Waals surface area contributed by atoms with Crippen molar-refractivity contribution in [3.8, 4) is 0 Å². The van der Waals surface area contributed by atoms with Crippen LogP contribution < -0.4 is 0 Å². The molecule has 1 rings (SSSR count). The van der Waals surface area contributed by atoms with E-state index in [0.29, 0.717) is 0 Å². The first kappa shape index (κ1) is 10.6. The number of carboxylic acids is 1. The molecule has 0 saturated carbocycles. The molecule has 0 aliphatic carbocycles. The molecule has 1 aromatic rings. The van der Waals surface area contributed by atoms with Crippen molar-refractivity contribution >= 4 is 5.97 Å². The second-order valence-electron chi connectivity index (χ2n) is 1.87. The second-order valence-corrected chi connectivity index (χ2v) is 1.87. The molecule has 0 atom stereocenters. The highest BCUT2D eigenvalue weighted by atomic mass is 16.5. The molecule has 0 saturated heterocycles. The normalized spacial score (nSPS) is 8.58. The summed E-state index contributed by atoms with van der Waals surface area (Å²) < 4.78 is 0. The molecule has 0 spiro atoms. The fraction of sp³-hybridized carbons (Fsp3) is 0.125. The highest BCUT2D eigenvalue weighted by Gasteiger charge is 2.04. The molecule has 0 amide bonds. The van der Waals surface area contributed by atoms with Crippen LogP contribution >= 0.6 is 0 Å². The Morgan fingerprint density at radius 1 is 0.917 bits per heavy atom. The number of aliphatic hydroxyl groups is 2. The van der Waals surface area contributed by atoms with Crippen LogP contribution in [0.3, 0.4) is 0 Å². The minimum Gasteiger partial charge on any atom is -0.477 e. The van der Waals surface area contributed by atoms with Gasteiger partial charge in [-0.05, 0) is 0 Å². The third-order valence-electron chi connectivity index (χ3n) is 0.888. The Kier molecular flexibility index (Phi) is 5.60. The maximum absolute atomic E-state index is 9.20. The Morgan fingerprint density at radius 2 is 1.08 bits per heavy atom. The van der Waals surface area contributed by atoms with Crippen LogP contribution in [-0.2, 0) is 4.79 Å². The highest BCUT2D eigenvalue weighted by molar-refractivity contribution is 5.69. The molecule has 66 valence electrons. The lowest BCUT2D eigenvalue weighted by molar-refractivity contribution is -0.165. The van der Waals surface area contributed by atoms with Crippen molar-refractivity contribution in [1.29, 1.82) is 0 Å². The van der Waals surface area contributed by atoms with E-state index >= 15 is 0 Å². The van der Waals surface area contributed by atoms with Crippen LogP contribution in [0.1, 0.15) is 0 Å². The molecule has 0 aromatic heterocycles. The lowest BCUT2D eigenvalue weighted by Gasteiger charge is -1.88. The van der Waals surface area contributed by atoms with E-state index in [2.05, 4.69) is 0 Å². The predicted molar refractivity (Wildman–Crippen MR) is 42.3 cm³/mol. The van der Waals surface area contributed by atoms with Gasteiger partial charge >= 0.3 is 5.97 Å². The van der Waals surface area contributed by atoms with E-state index in [1.165, 1.54) is 0 Å². The number of aliphatic hydroxyl groups excluding tert-OH is 1. The molecule has 0 aliphatic heterocycles. The molecule has 0 fully saturated rings. The Morgan fingerprint density at radius 3 is 1.17 bits per heavy atom. The Labute approximate surface area is 69.7 Å².